The largest absolute Gasteiger partial charge is 0.361 e. The first-order valence-electron chi connectivity index (χ1n) is 9.54. The lowest BCUT2D eigenvalue weighted by atomic mass is 10.1. The second-order valence-corrected chi connectivity index (χ2v) is 7.07. The molecule has 1 N–H and O–H groups in total. The SMILES string of the molecule is Cc1cc(C(=O)NCc2nn(CCN3CCCC3)c(=O)c3ccccc23)no1. The van der Waals surface area contributed by atoms with Gasteiger partial charge in [-0.15, -0.1) is 0 Å². The first-order chi connectivity index (χ1) is 13.6. The third kappa shape index (κ3) is 3.82. The van der Waals surface area contributed by atoms with Crippen molar-refractivity contribution in [3.05, 3.63) is 57.8 Å². The van der Waals surface area contributed by atoms with Crippen LogP contribution in [-0.4, -0.2) is 45.4 Å². The monoisotopic (exact) mass is 381 g/mol. The fourth-order valence-corrected chi connectivity index (χ4v) is 3.56. The molecule has 1 aliphatic heterocycles. The molecular weight excluding hydrogens is 358 g/mol. The fraction of sp³-hybridized carbons (Fsp3) is 0.400. The fourth-order valence-electron chi connectivity index (χ4n) is 3.56. The van der Waals surface area contributed by atoms with Gasteiger partial charge in [0.25, 0.3) is 11.5 Å². The van der Waals surface area contributed by atoms with Gasteiger partial charge in [0, 0.05) is 18.0 Å². The Balaban J connectivity index is 1.57. The predicted octanol–water partition coefficient (Wildman–Crippen LogP) is 1.72. The van der Waals surface area contributed by atoms with Crippen LogP contribution in [-0.2, 0) is 13.1 Å². The Hall–Kier alpha value is -3.00. The van der Waals surface area contributed by atoms with Crippen LogP contribution >= 0.6 is 0 Å². The summed E-state index contributed by atoms with van der Waals surface area (Å²) >= 11 is 0. The van der Waals surface area contributed by atoms with Crippen LogP contribution in [0, 0.1) is 6.92 Å². The number of hydrogen-bond donors (Lipinski definition) is 1. The number of hydrogen-bond acceptors (Lipinski definition) is 6. The van der Waals surface area contributed by atoms with Gasteiger partial charge < -0.3 is 14.7 Å². The van der Waals surface area contributed by atoms with Crippen molar-refractivity contribution in [2.24, 2.45) is 0 Å². The van der Waals surface area contributed by atoms with Crippen LogP contribution in [0.25, 0.3) is 10.8 Å². The van der Waals surface area contributed by atoms with E-state index in [4.69, 9.17) is 4.52 Å². The Morgan fingerprint density at radius 3 is 2.64 bits per heavy atom. The zero-order valence-corrected chi connectivity index (χ0v) is 15.9. The van der Waals surface area contributed by atoms with Crippen molar-refractivity contribution in [2.45, 2.75) is 32.9 Å². The van der Waals surface area contributed by atoms with Crippen LogP contribution < -0.4 is 10.9 Å². The molecule has 1 saturated heterocycles. The van der Waals surface area contributed by atoms with Crippen LogP contribution in [0.4, 0.5) is 0 Å². The van der Waals surface area contributed by atoms with E-state index in [0.29, 0.717) is 23.4 Å². The Bertz CT molecular complexity index is 1050. The number of fused-ring (bicyclic) bond motifs is 1. The molecule has 3 heterocycles. The van der Waals surface area contributed by atoms with Crippen LogP contribution in [0.2, 0.25) is 0 Å². The highest BCUT2D eigenvalue weighted by Crippen LogP contribution is 2.14. The summed E-state index contributed by atoms with van der Waals surface area (Å²) < 4.78 is 6.46. The number of carbonyl (C=O) groups excluding carboxylic acids is 1. The van der Waals surface area contributed by atoms with E-state index >= 15 is 0 Å². The average molecular weight is 381 g/mol. The third-order valence-corrected chi connectivity index (χ3v) is 5.05. The zero-order valence-electron chi connectivity index (χ0n) is 15.9. The average Bonchev–Trinajstić information content (AvgIpc) is 3.38. The van der Waals surface area contributed by atoms with Crippen LogP contribution in [0.15, 0.2) is 39.6 Å². The normalized spacial score (nSPS) is 14.6. The highest BCUT2D eigenvalue weighted by Gasteiger charge is 2.16. The zero-order chi connectivity index (χ0) is 19.5. The standard InChI is InChI=1S/C20H23N5O3/c1-14-12-17(23-28-14)19(26)21-13-18-15-6-2-3-7-16(15)20(27)25(22-18)11-10-24-8-4-5-9-24/h2-3,6-7,12H,4-5,8-11,13H2,1H3,(H,21,26). The lowest BCUT2D eigenvalue weighted by Gasteiger charge is -2.16. The number of nitrogens with zero attached hydrogens (tertiary/aromatic N) is 4. The molecule has 1 fully saturated rings. The molecule has 1 aliphatic rings. The number of rotatable bonds is 6. The van der Waals surface area contributed by atoms with E-state index in [1.807, 2.05) is 18.2 Å². The predicted molar refractivity (Wildman–Crippen MR) is 104 cm³/mol. The van der Waals surface area contributed by atoms with E-state index in [1.165, 1.54) is 17.5 Å². The summed E-state index contributed by atoms with van der Waals surface area (Å²) in [6, 6.07) is 8.95. The molecule has 0 radical (unpaired) electrons. The van der Waals surface area contributed by atoms with Crippen molar-refractivity contribution in [1.82, 2.24) is 25.2 Å². The number of likely N-dealkylation sites (tertiary alicyclic amines) is 1. The van der Waals surface area contributed by atoms with Gasteiger partial charge in [-0.25, -0.2) is 4.68 Å². The van der Waals surface area contributed by atoms with Crippen molar-refractivity contribution < 1.29 is 9.32 Å². The van der Waals surface area contributed by atoms with Gasteiger partial charge in [-0.05, 0) is 38.9 Å². The maximum absolute atomic E-state index is 12.8. The van der Waals surface area contributed by atoms with Crippen LogP contribution in [0.1, 0.15) is 34.8 Å². The molecule has 0 atom stereocenters. The summed E-state index contributed by atoms with van der Waals surface area (Å²) in [6.45, 7) is 5.41. The minimum absolute atomic E-state index is 0.100. The summed E-state index contributed by atoms with van der Waals surface area (Å²) in [5, 5.41) is 12.5. The molecule has 4 rings (SSSR count). The second-order valence-electron chi connectivity index (χ2n) is 7.07. The number of carbonyl (C=O) groups is 1. The molecule has 1 amide bonds. The van der Waals surface area contributed by atoms with Crippen molar-refractivity contribution in [3.8, 4) is 0 Å². The van der Waals surface area contributed by atoms with E-state index in [9.17, 15) is 9.59 Å². The lowest BCUT2D eigenvalue weighted by Crippen LogP contribution is -2.32. The molecule has 8 heteroatoms. The maximum atomic E-state index is 12.8. The van der Waals surface area contributed by atoms with Gasteiger partial charge in [-0.2, -0.15) is 5.10 Å². The Morgan fingerprint density at radius 1 is 1.18 bits per heavy atom. The summed E-state index contributed by atoms with van der Waals surface area (Å²) in [4.78, 5) is 27.4. The molecule has 2 aromatic heterocycles. The van der Waals surface area contributed by atoms with E-state index in [0.717, 1.165) is 25.0 Å². The third-order valence-electron chi connectivity index (χ3n) is 5.05. The van der Waals surface area contributed by atoms with Gasteiger partial charge in [0.1, 0.15) is 5.76 Å². The molecule has 3 aromatic rings. The molecule has 0 bridgehead atoms. The van der Waals surface area contributed by atoms with Gasteiger partial charge in [-0.3, -0.25) is 9.59 Å². The summed E-state index contributed by atoms with van der Waals surface area (Å²) in [5.74, 6) is 0.238. The van der Waals surface area contributed by atoms with E-state index < -0.39 is 0 Å². The Labute approximate surface area is 162 Å². The summed E-state index contributed by atoms with van der Waals surface area (Å²) in [7, 11) is 0. The lowest BCUT2D eigenvalue weighted by molar-refractivity contribution is 0.0941. The van der Waals surface area contributed by atoms with Gasteiger partial charge in [0.05, 0.1) is 24.2 Å². The molecule has 0 saturated carbocycles. The van der Waals surface area contributed by atoms with E-state index in [1.54, 1.807) is 19.1 Å². The second kappa shape index (κ2) is 7.93. The van der Waals surface area contributed by atoms with Gasteiger partial charge >= 0.3 is 0 Å². The van der Waals surface area contributed by atoms with Crippen LogP contribution in [0.3, 0.4) is 0 Å². The minimum Gasteiger partial charge on any atom is -0.361 e. The number of nitrogens with one attached hydrogen (secondary N) is 1. The molecule has 146 valence electrons. The highest BCUT2D eigenvalue weighted by atomic mass is 16.5. The smallest absolute Gasteiger partial charge is 0.274 e. The van der Waals surface area contributed by atoms with E-state index in [-0.39, 0.29) is 23.7 Å². The number of aromatic nitrogens is 3. The molecule has 0 unspecified atom stereocenters. The molecule has 0 spiro atoms. The van der Waals surface area contributed by atoms with Crippen molar-refractivity contribution in [1.29, 1.82) is 0 Å². The molecule has 28 heavy (non-hydrogen) atoms. The highest BCUT2D eigenvalue weighted by molar-refractivity contribution is 5.92. The quantitative estimate of drug-likeness (QED) is 0.699. The Morgan fingerprint density at radius 2 is 1.93 bits per heavy atom. The summed E-state index contributed by atoms with van der Waals surface area (Å²) in [5.41, 5.74) is 0.784. The Kier molecular flexibility index (Phi) is 5.21. The number of benzene rings is 1. The van der Waals surface area contributed by atoms with E-state index in [2.05, 4.69) is 20.5 Å². The molecule has 0 aliphatic carbocycles. The van der Waals surface area contributed by atoms with Gasteiger partial charge in [0.15, 0.2) is 5.69 Å². The maximum Gasteiger partial charge on any atom is 0.274 e. The summed E-state index contributed by atoms with van der Waals surface area (Å²) in [6.07, 6.45) is 2.41. The van der Waals surface area contributed by atoms with Crippen molar-refractivity contribution >= 4 is 16.7 Å². The first kappa shape index (κ1) is 18.4. The molecular formula is C20H23N5O3. The van der Waals surface area contributed by atoms with Crippen LogP contribution in [0.5, 0.6) is 0 Å². The van der Waals surface area contributed by atoms with Crippen molar-refractivity contribution in [3.63, 3.8) is 0 Å². The molecule has 1 aromatic carbocycles. The number of aryl methyl sites for hydroxylation is 1. The molecule has 8 nitrogen and oxygen atoms in total. The topological polar surface area (TPSA) is 93.3 Å². The van der Waals surface area contributed by atoms with Gasteiger partial charge in [-0.1, -0.05) is 23.4 Å². The van der Waals surface area contributed by atoms with Gasteiger partial charge in [0.2, 0.25) is 0 Å². The first-order valence-corrected chi connectivity index (χ1v) is 9.54. The number of amides is 1. The minimum atomic E-state index is -0.336. The van der Waals surface area contributed by atoms with Crippen molar-refractivity contribution in [2.75, 3.05) is 19.6 Å².